The molecule has 3 rings (SSSR count). The lowest BCUT2D eigenvalue weighted by molar-refractivity contribution is 0.342. The highest BCUT2D eigenvalue weighted by atomic mass is 35.5. The molecule has 0 unspecified atom stereocenters. The first kappa shape index (κ1) is 17.4. The summed E-state index contributed by atoms with van der Waals surface area (Å²) in [6.45, 7) is 0. The van der Waals surface area contributed by atoms with E-state index in [1.54, 1.807) is 18.2 Å². The molecular weight excluding hydrogens is 338 g/mol. The van der Waals surface area contributed by atoms with Crippen LogP contribution in [0.25, 0.3) is 12.2 Å². The van der Waals surface area contributed by atoms with Gasteiger partial charge in [0.2, 0.25) is 0 Å². The number of alkyl halides is 1. The van der Waals surface area contributed by atoms with Crippen LogP contribution in [0, 0.1) is 5.82 Å². The van der Waals surface area contributed by atoms with Crippen LogP contribution in [0.3, 0.4) is 0 Å². The minimum absolute atomic E-state index is 0.112. The maximum absolute atomic E-state index is 14.3. The monoisotopic (exact) mass is 354 g/mol. The van der Waals surface area contributed by atoms with Gasteiger partial charge in [0.25, 0.3) is 0 Å². The molecule has 0 aliphatic rings. The average Bonchev–Trinajstić information content (AvgIpc) is 2.64. The zero-order valence-corrected chi connectivity index (χ0v) is 14.3. The Morgan fingerprint density at radius 2 is 1.48 bits per heavy atom. The molecular formula is C22H17ClF2. The van der Waals surface area contributed by atoms with E-state index in [0.717, 1.165) is 16.7 Å². The normalized spacial score (nSPS) is 12.4. The van der Waals surface area contributed by atoms with Crippen molar-refractivity contribution >= 4 is 23.8 Å². The highest BCUT2D eigenvalue weighted by Gasteiger charge is 2.09. The molecule has 0 saturated heterocycles. The molecule has 25 heavy (non-hydrogen) atoms. The minimum Gasteiger partial charge on any atom is -0.242 e. The topological polar surface area (TPSA) is 0 Å². The molecule has 0 fully saturated rings. The van der Waals surface area contributed by atoms with Crippen molar-refractivity contribution in [3.05, 3.63) is 106 Å². The second-order valence-electron chi connectivity index (χ2n) is 5.83. The van der Waals surface area contributed by atoms with Crippen molar-refractivity contribution in [3.8, 4) is 0 Å². The van der Waals surface area contributed by atoms with Gasteiger partial charge in [-0.1, -0.05) is 84.4 Å². The molecule has 0 aliphatic carbocycles. The van der Waals surface area contributed by atoms with Crippen LogP contribution < -0.4 is 0 Å². The van der Waals surface area contributed by atoms with Crippen molar-refractivity contribution in [2.24, 2.45) is 0 Å². The SMILES string of the molecule is Fc1cc(C=Cc2ccc(C[C@@H](F)c3ccccc3)cc2)ccc1Cl. The molecule has 126 valence electrons. The molecule has 0 spiro atoms. The van der Waals surface area contributed by atoms with Crippen molar-refractivity contribution in [1.29, 1.82) is 0 Å². The lowest BCUT2D eigenvalue weighted by atomic mass is 10.0. The summed E-state index contributed by atoms with van der Waals surface area (Å²) in [6, 6.07) is 21.5. The molecule has 3 aromatic rings. The first-order valence-electron chi connectivity index (χ1n) is 8.03. The summed E-state index contributed by atoms with van der Waals surface area (Å²) in [6.07, 6.45) is 3.03. The summed E-state index contributed by atoms with van der Waals surface area (Å²) >= 11 is 5.67. The standard InChI is InChI=1S/C22H17ClF2/c23-20-13-12-18(15-22(20)25)11-8-16-6-9-17(10-7-16)14-21(24)19-4-2-1-3-5-19/h1-13,15,21H,14H2/t21-/m1/s1. The van der Waals surface area contributed by atoms with Gasteiger partial charge in [-0.15, -0.1) is 0 Å². The Balaban J connectivity index is 1.65. The van der Waals surface area contributed by atoms with Crippen LogP contribution in [0.4, 0.5) is 8.78 Å². The third kappa shape index (κ3) is 4.77. The van der Waals surface area contributed by atoms with E-state index in [4.69, 9.17) is 11.6 Å². The van der Waals surface area contributed by atoms with Crippen molar-refractivity contribution in [2.45, 2.75) is 12.6 Å². The molecule has 0 aromatic heterocycles. The summed E-state index contributed by atoms with van der Waals surface area (Å²) in [5, 5.41) is 0.112. The van der Waals surface area contributed by atoms with Crippen molar-refractivity contribution in [3.63, 3.8) is 0 Å². The molecule has 0 radical (unpaired) electrons. The average molecular weight is 355 g/mol. The number of benzene rings is 3. The van der Waals surface area contributed by atoms with Crippen molar-refractivity contribution in [2.75, 3.05) is 0 Å². The van der Waals surface area contributed by atoms with Crippen LogP contribution in [0.2, 0.25) is 5.02 Å². The van der Waals surface area contributed by atoms with Crippen molar-refractivity contribution in [1.82, 2.24) is 0 Å². The molecule has 0 N–H and O–H groups in total. The van der Waals surface area contributed by atoms with Gasteiger partial charge in [0.1, 0.15) is 12.0 Å². The van der Waals surface area contributed by atoms with Gasteiger partial charge in [0.05, 0.1) is 5.02 Å². The third-order valence-electron chi connectivity index (χ3n) is 3.97. The Bertz CT molecular complexity index is 855. The fraction of sp³-hybridized carbons (Fsp3) is 0.0909. The number of hydrogen-bond acceptors (Lipinski definition) is 0. The Hall–Kier alpha value is -2.45. The third-order valence-corrected chi connectivity index (χ3v) is 4.27. The maximum atomic E-state index is 14.3. The highest BCUT2D eigenvalue weighted by Crippen LogP contribution is 2.23. The largest absolute Gasteiger partial charge is 0.242 e. The summed E-state index contributed by atoms with van der Waals surface area (Å²) in [5.74, 6) is -0.436. The number of hydrogen-bond donors (Lipinski definition) is 0. The molecule has 0 aliphatic heterocycles. The van der Waals surface area contributed by atoms with E-state index in [9.17, 15) is 8.78 Å². The van der Waals surface area contributed by atoms with Crippen LogP contribution in [-0.4, -0.2) is 0 Å². The molecule has 1 atom stereocenters. The lowest BCUT2D eigenvalue weighted by Gasteiger charge is -2.08. The molecule has 0 heterocycles. The molecule has 3 heteroatoms. The van der Waals surface area contributed by atoms with E-state index in [0.29, 0.717) is 12.0 Å². The van der Waals surface area contributed by atoms with Gasteiger partial charge in [-0.3, -0.25) is 0 Å². The van der Waals surface area contributed by atoms with Gasteiger partial charge >= 0.3 is 0 Å². The summed E-state index contributed by atoms with van der Waals surface area (Å²) in [5.41, 5.74) is 3.33. The van der Waals surface area contributed by atoms with E-state index in [-0.39, 0.29) is 5.02 Å². The fourth-order valence-electron chi connectivity index (χ4n) is 2.56. The zero-order chi connectivity index (χ0) is 17.6. The minimum atomic E-state index is -1.01. The summed E-state index contributed by atoms with van der Waals surface area (Å²) in [4.78, 5) is 0. The number of halogens is 3. The van der Waals surface area contributed by atoms with E-state index < -0.39 is 12.0 Å². The zero-order valence-electron chi connectivity index (χ0n) is 13.5. The Morgan fingerprint density at radius 3 is 2.16 bits per heavy atom. The van der Waals surface area contributed by atoms with Crippen molar-refractivity contribution < 1.29 is 8.78 Å². The fourth-order valence-corrected chi connectivity index (χ4v) is 2.68. The predicted octanol–water partition coefficient (Wildman–Crippen LogP) is 6.90. The maximum Gasteiger partial charge on any atom is 0.142 e. The van der Waals surface area contributed by atoms with Crippen LogP contribution in [0.15, 0.2) is 72.8 Å². The lowest BCUT2D eigenvalue weighted by Crippen LogP contribution is -1.96. The van der Waals surface area contributed by atoms with E-state index in [1.807, 2.05) is 54.6 Å². The van der Waals surface area contributed by atoms with Crippen LogP contribution in [0.1, 0.15) is 28.4 Å². The van der Waals surface area contributed by atoms with Gasteiger partial charge in [-0.25, -0.2) is 8.78 Å². The van der Waals surface area contributed by atoms with Gasteiger partial charge in [-0.05, 0) is 34.4 Å². The smallest absolute Gasteiger partial charge is 0.142 e. The Morgan fingerprint density at radius 1 is 0.840 bits per heavy atom. The number of rotatable bonds is 5. The van der Waals surface area contributed by atoms with Gasteiger partial charge < -0.3 is 0 Å². The Labute approximate surface area is 151 Å². The quantitative estimate of drug-likeness (QED) is 0.437. The van der Waals surface area contributed by atoms with Crippen LogP contribution in [0.5, 0.6) is 0 Å². The first-order valence-corrected chi connectivity index (χ1v) is 8.41. The van der Waals surface area contributed by atoms with E-state index in [1.165, 1.54) is 12.1 Å². The molecule has 0 nitrogen and oxygen atoms in total. The summed E-state index contributed by atoms with van der Waals surface area (Å²) in [7, 11) is 0. The predicted molar refractivity (Wildman–Crippen MR) is 101 cm³/mol. The first-order chi connectivity index (χ1) is 12.1. The Kier molecular flexibility index (Phi) is 5.62. The van der Waals surface area contributed by atoms with E-state index in [2.05, 4.69) is 0 Å². The van der Waals surface area contributed by atoms with E-state index >= 15 is 0 Å². The molecule has 0 amide bonds. The van der Waals surface area contributed by atoms with Gasteiger partial charge in [-0.2, -0.15) is 0 Å². The molecule has 0 saturated carbocycles. The van der Waals surface area contributed by atoms with Gasteiger partial charge in [0.15, 0.2) is 0 Å². The second-order valence-corrected chi connectivity index (χ2v) is 6.24. The van der Waals surface area contributed by atoms with Crippen LogP contribution in [-0.2, 0) is 6.42 Å². The summed E-state index contributed by atoms with van der Waals surface area (Å²) < 4.78 is 27.7. The second kappa shape index (κ2) is 8.09. The van der Waals surface area contributed by atoms with Gasteiger partial charge in [0, 0.05) is 6.42 Å². The molecule has 3 aromatic carbocycles. The van der Waals surface area contributed by atoms with Crippen LogP contribution >= 0.6 is 11.6 Å². The molecule has 0 bridgehead atoms. The highest BCUT2D eigenvalue weighted by molar-refractivity contribution is 6.30.